The molecule has 0 radical (unpaired) electrons. The highest BCUT2D eigenvalue weighted by molar-refractivity contribution is 6.38. The van der Waals surface area contributed by atoms with Crippen LogP contribution < -0.4 is 10.6 Å². The highest BCUT2D eigenvalue weighted by Gasteiger charge is 2.36. The normalized spacial score (nSPS) is 16.4. The average molecular weight is 347 g/mol. The minimum absolute atomic E-state index is 0.103. The van der Waals surface area contributed by atoms with E-state index in [1.807, 2.05) is 0 Å². The zero-order chi connectivity index (χ0) is 18.4. The highest BCUT2D eigenvalue weighted by atomic mass is 16.3. The molecule has 8 nitrogen and oxygen atoms in total. The first-order valence-electron chi connectivity index (χ1n) is 8.01. The molecule has 0 aromatic heterocycles. The van der Waals surface area contributed by atoms with Gasteiger partial charge in [-0.15, -0.1) is 0 Å². The number of amides is 3. The molecule has 1 aliphatic rings. The van der Waals surface area contributed by atoms with Crippen LogP contribution in [0.1, 0.15) is 24.0 Å². The van der Waals surface area contributed by atoms with Crippen molar-refractivity contribution in [2.75, 3.05) is 13.1 Å². The summed E-state index contributed by atoms with van der Waals surface area (Å²) >= 11 is 0. The van der Waals surface area contributed by atoms with Crippen LogP contribution >= 0.6 is 0 Å². The van der Waals surface area contributed by atoms with Crippen molar-refractivity contribution in [1.29, 1.82) is 0 Å². The fraction of sp³-hybridized carbons (Fsp3) is 0.412. The maximum Gasteiger partial charge on any atom is 0.289 e. The summed E-state index contributed by atoms with van der Waals surface area (Å²) in [5, 5.41) is 14.4. The van der Waals surface area contributed by atoms with Crippen molar-refractivity contribution >= 4 is 24.0 Å². The van der Waals surface area contributed by atoms with E-state index >= 15 is 0 Å². The Labute approximate surface area is 145 Å². The molecule has 25 heavy (non-hydrogen) atoms. The number of benzene rings is 1. The van der Waals surface area contributed by atoms with Gasteiger partial charge in [0, 0.05) is 13.1 Å². The molecule has 8 heteroatoms. The van der Waals surface area contributed by atoms with Crippen molar-refractivity contribution in [2.45, 2.75) is 32.4 Å². The monoisotopic (exact) mass is 347 g/mol. The van der Waals surface area contributed by atoms with E-state index in [2.05, 4.69) is 10.6 Å². The molecule has 1 atom stereocenters. The summed E-state index contributed by atoms with van der Waals surface area (Å²) in [6, 6.07) is 4.19. The van der Waals surface area contributed by atoms with Crippen LogP contribution in [0.2, 0.25) is 0 Å². The van der Waals surface area contributed by atoms with Crippen LogP contribution in [-0.4, -0.2) is 53.1 Å². The van der Waals surface area contributed by atoms with Gasteiger partial charge in [0.05, 0.1) is 6.54 Å². The fourth-order valence-electron chi connectivity index (χ4n) is 2.75. The summed E-state index contributed by atoms with van der Waals surface area (Å²) in [6.07, 6.45) is 1.46. The van der Waals surface area contributed by atoms with E-state index in [-0.39, 0.29) is 24.7 Å². The molecule has 1 heterocycles. The highest BCUT2D eigenvalue weighted by Crippen LogP contribution is 2.19. The zero-order valence-corrected chi connectivity index (χ0v) is 13.9. The number of ketones is 1. The summed E-state index contributed by atoms with van der Waals surface area (Å²) in [5.74, 6) is -1.71. The number of likely N-dealkylation sites (tertiary alicyclic amines) is 1. The summed E-state index contributed by atoms with van der Waals surface area (Å²) < 4.78 is 0. The van der Waals surface area contributed by atoms with Gasteiger partial charge in [-0.3, -0.25) is 19.2 Å². The largest absolute Gasteiger partial charge is 0.508 e. The molecular weight excluding hydrogens is 326 g/mol. The molecule has 1 aliphatic heterocycles. The second-order valence-corrected chi connectivity index (χ2v) is 5.91. The Morgan fingerprint density at radius 2 is 2.12 bits per heavy atom. The number of hydrogen-bond donors (Lipinski definition) is 3. The number of hydrogen-bond acceptors (Lipinski definition) is 5. The predicted molar refractivity (Wildman–Crippen MR) is 88.5 cm³/mol. The third-order valence-electron chi connectivity index (χ3n) is 4.16. The van der Waals surface area contributed by atoms with Gasteiger partial charge in [0.1, 0.15) is 11.8 Å². The third kappa shape index (κ3) is 4.56. The van der Waals surface area contributed by atoms with Crippen molar-refractivity contribution in [2.24, 2.45) is 0 Å². The van der Waals surface area contributed by atoms with Crippen LogP contribution in [0.3, 0.4) is 0 Å². The van der Waals surface area contributed by atoms with E-state index in [0.29, 0.717) is 31.4 Å². The first-order chi connectivity index (χ1) is 11.9. The Hall–Kier alpha value is -2.90. The van der Waals surface area contributed by atoms with Crippen LogP contribution in [0.4, 0.5) is 0 Å². The molecule has 134 valence electrons. The van der Waals surface area contributed by atoms with Gasteiger partial charge in [0.25, 0.3) is 5.91 Å². The van der Waals surface area contributed by atoms with Gasteiger partial charge in [0.2, 0.25) is 18.1 Å². The number of carbonyl (C=O) groups is 4. The van der Waals surface area contributed by atoms with Gasteiger partial charge < -0.3 is 20.6 Å². The van der Waals surface area contributed by atoms with Crippen molar-refractivity contribution < 1.29 is 24.3 Å². The second kappa shape index (κ2) is 8.27. The molecule has 3 amide bonds. The minimum Gasteiger partial charge on any atom is -0.508 e. The number of carbonyl (C=O) groups excluding carboxylic acids is 4. The van der Waals surface area contributed by atoms with Crippen LogP contribution in [0.15, 0.2) is 18.2 Å². The molecule has 2 rings (SSSR count). The minimum atomic E-state index is -0.799. The average Bonchev–Trinajstić information content (AvgIpc) is 3.09. The van der Waals surface area contributed by atoms with Gasteiger partial charge in [0.15, 0.2) is 0 Å². The van der Waals surface area contributed by atoms with Crippen molar-refractivity contribution in [3.8, 4) is 5.75 Å². The number of nitrogens with zero attached hydrogens (tertiary/aromatic N) is 1. The second-order valence-electron chi connectivity index (χ2n) is 5.91. The molecule has 1 aromatic rings. The lowest BCUT2D eigenvalue weighted by Crippen LogP contribution is -2.48. The maximum absolute atomic E-state index is 12.3. The van der Waals surface area contributed by atoms with Gasteiger partial charge >= 0.3 is 0 Å². The van der Waals surface area contributed by atoms with E-state index in [9.17, 15) is 24.3 Å². The Morgan fingerprint density at radius 3 is 2.80 bits per heavy atom. The molecule has 1 aromatic carbocycles. The Balaban J connectivity index is 1.94. The number of Topliss-reactive ketones (excluding diaryl/α,β-unsaturated/α-hetero) is 1. The Bertz CT molecular complexity index is 689. The van der Waals surface area contributed by atoms with Crippen LogP contribution in [-0.2, 0) is 25.7 Å². The summed E-state index contributed by atoms with van der Waals surface area (Å²) in [4.78, 5) is 48.0. The van der Waals surface area contributed by atoms with Crippen molar-refractivity contribution in [1.82, 2.24) is 15.5 Å². The van der Waals surface area contributed by atoms with E-state index in [1.54, 1.807) is 19.1 Å². The predicted octanol–water partition coefficient (Wildman–Crippen LogP) is -0.377. The topological polar surface area (TPSA) is 116 Å². The van der Waals surface area contributed by atoms with E-state index in [0.717, 1.165) is 5.56 Å². The third-order valence-corrected chi connectivity index (χ3v) is 4.16. The zero-order valence-electron chi connectivity index (χ0n) is 13.9. The first-order valence-corrected chi connectivity index (χ1v) is 8.01. The molecule has 3 N–H and O–H groups in total. The number of aryl methyl sites for hydroxylation is 1. The van der Waals surface area contributed by atoms with Crippen molar-refractivity contribution in [3.05, 3.63) is 29.3 Å². The SMILES string of the molecule is Cc1ccc(CNC(=O)C(=O)C2CCCN2C(=O)CNC=O)cc1O. The number of aromatic hydroxyl groups is 1. The molecule has 1 saturated heterocycles. The molecule has 1 unspecified atom stereocenters. The number of nitrogens with one attached hydrogen (secondary N) is 2. The first kappa shape index (κ1) is 18.4. The summed E-state index contributed by atoms with van der Waals surface area (Å²) in [7, 11) is 0. The lowest BCUT2D eigenvalue weighted by Gasteiger charge is -2.23. The molecule has 0 spiro atoms. The van der Waals surface area contributed by atoms with Crippen LogP contribution in [0, 0.1) is 6.92 Å². The van der Waals surface area contributed by atoms with Gasteiger partial charge in [-0.1, -0.05) is 12.1 Å². The van der Waals surface area contributed by atoms with Crippen molar-refractivity contribution in [3.63, 3.8) is 0 Å². The fourth-order valence-corrected chi connectivity index (χ4v) is 2.75. The van der Waals surface area contributed by atoms with Gasteiger partial charge in [-0.25, -0.2) is 0 Å². The number of rotatable bonds is 7. The summed E-state index contributed by atoms with van der Waals surface area (Å²) in [5.41, 5.74) is 1.38. The smallest absolute Gasteiger partial charge is 0.289 e. The molecule has 0 aliphatic carbocycles. The van der Waals surface area contributed by atoms with E-state index in [1.165, 1.54) is 11.0 Å². The van der Waals surface area contributed by atoms with Crippen LogP contribution in [0.5, 0.6) is 5.75 Å². The standard InChI is InChI=1S/C17H21N3O5/c1-11-4-5-12(7-14(11)22)8-19-17(25)16(24)13-3-2-6-20(13)15(23)9-18-10-21/h4-5,7,10,13,22H,2-3,6,8-9H2,1H3,(H,18,21)(H,19,25). The number of phenolic OH excluding ortho intramolecular Hbond substituents is 1. The van der Waals surface area contributed by atoms with Gasteiger partial charge in [-0.2, -0.15) is 0 Å². The van der Waals surface area contributed by atoms with Crippen LogP contribution in [0.25, 0.3) is 0 Å². The molecule has 0 bridgehead atoms. The van der Waals surface area contributed by atoms with E-state index in [4.69, 9.17) is 0 Å². The number of phenols is 1. The lowest BCUT2D eigenvalue weighted by molar-refractivity contribution is -0.144. The quantitative estimate of drug-likeness (QED) is 0.459. The molecule has 0 saturated carbocycles. The van der Waals surface area contributed by atoms with E-state index < -0.39 is 17.7 Å². The maximum atomic E-state index is 12.3. The Kier molecular flexibility index (Phi) is 6.10. The molecule has 1 fully saturated rings. The lowest BCUT2D eigenvalue weighted by atomic mass is 10.1. The Morgan fingerprint density at radius 1 is 1.36 bits per heavy atom. The van der Waals surface area contributed by atoms with Gasteiger partial charge in [-0.05, 0) is 37.0 Å². The molecular formula is C17H21N3O5. The summed E-state index contributed by atoms with van der Waals surface area (Å²) in [6.45, 7) is 2.05.